The molecule has 0 amide bonds. The first-order chi connectivity index (χ1) is 28.7. The van der Waals surface area contributed by atoms with Gasteiger partial charge in [0.1, 0.15) is 0 Å². The molecule has 0 saturated heterocycles. The van der Waals surface area contributed by atoms with Crippen molar-refractivity contribution in [3.8, 4) is 57.0 Å². The van der Waals surface area contributed by atoms with E-state index in [0.717, 1.165) is 33.4 Å². The van der Waals surface area contributed by atoms with Crippen LogP contribution in [-0.2, 0) is 5.41 Å². The lowest BCUT2D eigenvalue weighted by Gasteiger charge is -2.34. The third-order valence-corrected chi connectivity index (χ3v) is 11.5. The predicted molar refractivity (Wildman–Crippen MR) is 232 cm³/mol. The molecule has 8 aromatic carbocycles. The molecule has 0 bridgehead atoms. The topological polar surface area (TPSA) is 67.4 Å². The summed E-state index contributed by atoms with van der Waals surface area (Å²) in [6, 6.07) is 72.4. The zero-order chi connectivity index (χ0) is 38.6. The van der Waals surface area contributed by atoms with E-state index in [1.54, 1.807) is 6.07 Å². The van der Waals surface area contributed by atoms with Gasteiger partial charge in [0.15, 0.2) is 17.5 Å². The minimum absolute atomic E-state index is 0.511. The quantitative estimate of drug-likeness (QED) is 0.170. The van der Waals surface area contributed by atoms with Gasteiger partial charge >= 0.3 is 0 Å². The van der Waals surface area contributed by atoms with E-state index in [-0.39, 0.29) is 0 Å². The van der Waals surface area contributed by atoms with Crippen molar-refractivity contribution in [2.24, 2.45) is 0 Å². The molecule has 1 aliphatic carbocycles. The van der Waals surface area contributed by atoms with Crippen molar-refractivity contribution in [3.63, 3.8) is 0 Å². The van der Waals surface area contributed by atoms with Gasteiger partial charge in [-0.2, -0.15) is 5.26 Å². The van der Waals surface area contributed by atoms with Gasteiger partial charge in [0.2, 0.25) is 0 Å². The van der Waals surface area contributed by atoms with Gasteiger partial charge < -0.3 is 4.57 Å². The average Bonchev–Trinajstić information content (AvgIpc) is 3.79. The van der Waals surface area contributed by atoms with Crippen LogP contribution in [0.5, 0.6) is 0 Å². The highest BCUT2D eigenvalue weighted by atomic mass is 15.0. The van der Waals surface area contributed by atoms with Crippen molar-refractivity contribution in [3.05, 3.63) is 228 Å². The molecule has 0 aliphatic heterocycles. The largest absolute Gasteiger partial charge is 0.309 e. The lowest BCUT2D eigenvalue weighted by atomic mass is 9.67. The van der Waals surface area contributed by atoms with Crippen LogP contribution in [-0.4, -0.2) is 19.5 Å². The zero-order valence-corrected chi connectivity index (χ0v) is 31.3. The average molecular weight is 740 g/mol. The van der Waals surface area contributed by atoms with Crippen LogP contribution < -0.4 is 0 Å². The van der Waals surface area contributed by atoms with Crippen LogP contribution >= 0.6 is 0 Å². The lowest BCUT2D eigenvalue weighted by molar-refractivity contribution is 0.769. The van der Waals surface area contributed by atoms with Crippen LogP contribution in [0.1, 0.15) is 27.8 Å². The second-order valence-corrected chi connectivity index (χ2v) is 14.7. The predicted octanol–water partition coefficient (Wildman–Crippen LogP) is 12.2. The Morgan fingerprint density at radius 3 is 1.69 bits per heavy atom. The minimum Gasteiger partial charge on any atom is -0.309 e. The standard InChI is InChI=1S/C53H33N5/c54-34-35-16-14-19-37(30-35)51-55-50(36-17-4-1-5-18-36)56-52(57-51)38-20-15-25-41(31-38)58-48-29-13-11-27-43(48)45-32-44-42-26-10-12-28-46(42)53(47(44)33-49(45)58,39-21-6-2-7-22-39)40-23-8-3-9-24-40/h1-33H. The number of nitriles is 1. The molecule has 0 radical (unpaired) electrons. The molecule has 1 aliphatic rings. The van der Waals surface area contributed by atoms with E-state index >= 15 is 0 Å². The Labute approximate surface area is 335 Å². The summed E-state index contributed by atoms with van der Waals surface area (Å²) in [6.45, 7) is 0. The van der Waals surface area contributed by atoms with Crippen LogP contribution in [0, 0.1) is 11.3 Å². The van der Waals surface area contributed by atoms with Crippen molar-refractivity contribution < 1.29 is 0 Å². The Balaban J connectivity index is 1.16. The fourth-order valence-electron chi connectivity index (χ4n) is 9.04. The SMILES string of the molecule is N#Cc1cccc(-c2nc(-c3ccccc3)nc(-c3cccc(-n4c5ccccc5c5cc6c(cc54)C(c4ccccc4)(c4ccccc4)c4ccccc4-6)c3)n2)c1. The van der Waals surface area contributed by atoms with E-state index in [1.807, 2.05) is 48.5 Å². The third-order valence-electron chi connectivity index (χ3n) is 11.5. The molecule has 0 spiro atoms. The van der Waals surface area contributed by atoms with Crippen molar-refractivity contribution in [2.75, 3.05) is 0 Å². The van der Waals surface area contributed by atoms with Crippen LogP contribution in [0.2, 0.25) is 0 Å². The highest BCUT2D eigenvalue weighted by Gasteiger charge is 2.46. The minimum atomic E-state index is -0.524. The summed E-state index contributed by atoms with van der Waals surface area (Å²) in [4.78, 5) is 15.0. The van der Waals surface area contributed by atoms with Crippen LogP contribution in [0.15, 0.2) is 200 Å². The fraction of sp³-hybridized carbons (Fsp3) is 0.0189. The maximum absolute atomic E-state index is 9.68. The monoisotopic (exact) mass is 739 g/mol. The van der Waals surface area contributed by atoms with Gasteiger partial charge in [0.05, 0.1) is 28.1 Å². The van der Waals surface area contributed by atoms with Crippen LogP contribution in [0.3, 0.4) is 0 Å². The van der Waals surface area contributed by atoms with Crippen molar-refractivity contribution in [2.45, 2.75) is 5.41 Å². The fourth-order valence-corrected chi connectivity index (χ4v) is 9.04. The first-order valence-electron chi connectivity index (χ1n) is 19.4. The van der Waals surface area contributed by atoms with E-state index in [9.17, 15) is 5.26 Å². The molecule has 5 nitrogen and oxygen atoms in total. The Kier molecular flexibility index (Phi) is 7.70. The number of rotatable bonds is 6. The number of para-hydroxylation sites is 1. The highest BCUT2D eigenvalue weighted by Crippen LogP contribution is 2.57. The molecule has 0 fully saturated rings. The molecule has 0 saturated carbocycles. The molecule has 0 N–H and O–H groups in total. The molecule has 270 valence electrons. The molecule has 10 aromatic rings. The third kappa shape index (κ3) is 5.13. The van der Waals surface area contributed by atoms with Crippen molar-refractivity contribution in [1.82, 2.24) is 19.5 Å². The summed E-state index contributed by atoms with van der Waals surface area (Å²) < 4.78 is 2.38. The van der Waals surface area contributed by atoms with E-state index in [0.29, 0.717) is 23.0 Å². The number of aromatic nitrogens is 4. The Hall–Kier alpha value is -7.94. The number of benzene rings is 8. The molecule has 2 aromatic heterocycles. The molecule has 11 rings (SSSR count). The van der Waals surface area contributed by atoms with Crippen molar-refractivity contribution >= 4 is 21.8 Å². The molecule has 5 heteroatoms. The number of hydrogen-bond acceptors (Lipinski definition) is 4. The number of fused-ring (bicyclic) bond motifs is 6. The normalized spacial score (nSPS) is 12.6. The van der Waals surface area contributed by atoms with Crippen LogP contribution in [0.25, 0.3) is 72.8 Å². The second-order valence-electron chi connectivity index (χ2n) is 14.7. The first kappa shape index (κ1) is 33.4. The zero-order valence-electron chi connectivity index (χ0n) is 31.3. The maximum Gasteiger partial charge on any atom is 0.164 e. The van der Waals surface area contributed by atoms with Gasteiger partial charge in [-0.05, 0) is 75.8 Å². The van der Waals surface area contributed by atoms with Gasteiger partial charge in [-0.25, -0.2) is 15.0 Å². The lowest BCUT2D eigenvalue weighted by Crippen LogP contribution is -2.28. The van der Waals surface area contributed by atoms with E-state index in [2.05, 4.69) is 156 Å². The molecular weight excluding hydrogens is 707 g/mol. The smallest absolute Gasteiger partial charge is 0.164 e. The summed E-state index contributed by atoms with van der Waals surface area (Å²) in [5.41, 5.74) is 13.3. The van der Waals surface area contributed by atoms with Gasteiger partial charge in [0, 0.05) is 33.2 Å². The van der Waals surface area contributed by atoms with Gasteiger partial charge in [-0.1, -0.05) is 158 Å². The Morgan fingerprint density at radius 2 is 0.983 bits per heavy atom. The Morgan fingerprint density at radius 1 is 0.414 bits per heavy atom. The van der Waals surface area contributed by atoms with Gasteiger partial charge in [0.25, 0.3) is 0 Å². The summed E-state index contributed by atoms with van der Waals surface area (Å²) >= 11 is 0. The van der Waals surface area contributed by atoms with E-state index in [1.165, 1.54) is 44.2 Å². The number of nitrogens with zero attached hydrogens (tertiary/aromatic N) is 5. The molecule has 2 heterocycles. The molecular formula is C53H33N5. The second kappa shape index (κ2) is 13.4. The van der Waals surface area contributed by atoms with E-state index < -0.39 is 5.41 Å². The molecule has 58 heavy (non-hydrogen) atoms. The van der Waals surface area contributed by atoms with Gasteiger partial charge in [-0.3, -0.25) is 0 Å². The Bertz CT molecular complexity index is 3200. The molecule has 0 unspecified atom stereocenters. The molecule has 0 atom stereocenters. The van der Waals surface area contributed by atoms with E-state index in [4.69, 9.17) is 15.0 Å². The summed E-state index contributed by atoms with van der Waals surface area (Å²) in [5.74, 6) is 1.63. The summed E-state index contributed by atoms with van der Waals surface area (Å²) in [5, 5.41) is 12.1. The summed E-state index contributed by atoms with van der Waals surface area (Å²) in [6.07, 6.45) is 0. The van der Waals surface area contributed by atoms with Crippen LogP contribution in [0.4, 0.5) is 0 Å². The highest BCUT2D eigenvalue weighted by molar-refractivity contribution is 6.12. The summed E-state index contributed by atoms with van der Waals surface area (Å²) in [7, 11) is 0. The first-order valence-corrected chi connectivity index (χ1v) is 19.4. The number of hydrogen-bond donors (Lipinski definition) is 0. The maximum atomic E-state index is 9.68. The van der Waals surface area contributed by atoms with Gasteiger partial charge in [-0.15, -0.1) is 0 Å². The van der Waals surface area contributed by atoms with Crippen molar-refractivity contribution in [1.29, 1.82) is 5.26 Å².